The van der Waals surface area contributed by atoms with E-state index in [1.54, 1.807) is 13.8 Å². The van der Waals surface area contributed by atoms with Gasteiger partial charge in [0.2, 0.25) is 0 Å². The Morgan fingerprint density at radius 1 is 1.50 bits per heavy atom. The number of hydrogen-bond donors (Lipinski definition) is 1. The molecule has 1 atom stereocenters. The van der Waals surface area contributed by atoms with Gasteiger partial charge in [0.15, 0.2) is 0 Å². The first-order valence-electron chi connectivity index (χ1n) is 4.41. The van der Waals surface area contributed by atoms with Crippen LogP contribution in [-0.4, -0.2) is 17.0 Å². The number of carbonyl (C=O) groups excluding carboxylic acids is 1. The third-order valence-electron chi connectivity index (χ3n) is 2.95. The van der Waals surface area contributed by atoms with Crippen molar-refractivity contribution < 1.29 is 9.90 Å². The average molecular weight is 170 g/mol. The molecule has 1 aliphatic carbocycles. The molecule has 1 rings (SSSR count). The van der Waals surface area contributed by atoms with Gasteiger partial charge in [-0.1, -0.05) is 13.8 Å². The molecule has 12 heavy (non-hydrogen) atoms. The first-order valence-corrected chi connectivity index (χ1v) is 4.41. The zero-order valence-corrected chi connectivity index (χ0v) is 8.35. The normalized spacial score (nSPS) is 33.1. The van der Waals surface area contributed by atoms with Crippen molar-refractivity contribution in [2.45, 2.75) is 46.1 Å². The van der Waals surface area contributed by atoms with E-state index in [4.69, 9.17) is 0 Å². The van der Waals surface area contributed by atoms with Crippen molar-refractivity contribution >= 4 is 6.29 Å². The lowest BCUT2D eigenvalue weighted by atomic mass is 9.86. The molecule has 0 aromatic carbocycles. The topological polar surface area (TPSA) is 37.3 Å². The fourth-order valence-electron chi connectivity index (χ4n) is 2.06. The van der Waals surface area contributed by atoms with Gasteiger partial charge in [0, 0.05) is 5.41 Å². The van der Waals surface area contributed by atoms with Crippen LogP contribution in [0.2, 0.25) is 0 Å². The van der Waals surface area contributed by atoms with E-state index >= 15 is 0 Å². The first-order chi connectivity index (χ1) is 5.22. The second kappa shape index (κ2) is 2.32. The molecule has 0 spiro atoms. The highest BCUT2D eigenvalue weighted by Crippen LogP contribution is 2.65. The number of hydrogen-bond acceptors (Lipinski definition) is 2. The Labute approximate surface area is 74.0 Å². The van der Waals surface area contributed by atoms with Crippen LogP contribution in [0.15, 0.2) is 0 Å². The van der Waals surface area contributed by atoms with Gasteiger partial charge in [-0.25, -0.2) is 0 Å². The summed E-state index contributed by atoms with van der Waals surface area (Å²) >= 11 is 0. The highest BCUT2D eigenvalue weighted by molar-refractivity contribution is 5.66. The van der Waals surface area contributed by atoms with E-state index in [0.29, 0.717) is 6.42 Å². The molecule has 0 aromatic heterocycles. The summed E-state index contributed by atoms with van der Waals surface area (Å²) in [6.07, 6.45) is 2.51. The summed E-state index contributed by atoms with van der Waals surface area (Å²) in [5, 5.41) is 9.60. The molecule has 0 saturated heterocycles. The van der Waals surface area contributed by atoms with Gasteiger partial charge in [0.05, 0.1) is 5.60 Å². The molecule has 0 amide bonds. The zero-order valence-electron chi connectivity index (χ0n) is 8.35. The van der Waals surface area contributed by atoms with Crippen LogP contribution >= 0.6 is 0 Å². The van der Waals surface area contributed by atoms with Gasteiger partial charge in [-0.2, -0.15) is 0 Å². The minimum Gasteiger partial charge on any atom is -0.390 e. The number of rotatable bonds is 3. The molecule has 70 valence electrons. The Morgan fingerprint density at radius 2 is 1.92 bits per heavy atom. The predicted octanol–water partition coefficient (Wildman–Crippen LogP) is 1.76. The Kier molecular flexibility index (Phi) is 1.88. The predicted molar refractivity (Wildman–Crippen MR) is 47.8 cm³/mol. The largest absolute Gasteiger partial charge is 0.390 e. The van der Waals surface area contributed by atoms with Gasteiger partial charge in [-0.15, -0.1) is 0 Å². The minimum atomic E-state index is -0.728. The quantitative estimate of drug-likeness (QED) is 0.655. The van der Waals surface area contributed by atoms with Crippen molar-refractivity contribution in [3.05, 3.63) is 0 Å². The first kappa shape index (κ1) is 9.72. The molecular weight excluding hydrogens is 152 g/mol. The van der Waals surface area contributed by atoms with E-state index in [1.807, 2.05) is 0 Å². The maximum Gasteiger partial charge on any atom is 0.126 e. The molecular formula is C10H18O2. The Balaban J connectivity index is 2.69. The van der Waals surface area contributed by atoms with E-state index in [-0.39, 0.29) is 10.8 Å². The summed E-state index contributed by atoms with van der Waals surface area (Å²) < 4.78 is 0. The van der Waals surface area contributed by atoms with Crippen LogP contribution < -0.4 is 0 Å². The highest BCUT2D eigenvalue weighted by atomic mass is 16.3. The molecule has 1 aliphatic rings. The maximum atomic E-state index is 10.9. The number of aldehydes is 1. The van der Waals surface area contributed by atoms with Crippen molar-refractivity contribution in [1.82, 2.24) is 0 Å². The molecule has 0 bridgehead atoms. The lowest BCUT2D eigenvalue weighted by Crippen LogP contribution is -2.27. The van der Waals surface area contributed by atoms with Crippen LogP contribution in [0.3, 0.4) is 0 Å². The van der Waals surface area contributed by atoms with Crippen LogP contribution in [0.4, 0.5) is 0 Å². The lowest BCUT2D eigenvalue weighted by molar-refractivity contribution is -0.115. The maximum absolute atomic E-state index is 10.9. The van der Waals surface area contributed by atoms with E-state index in [2.05, 4.69) is 13.8 Å². The van der Waals surface area contributed by atoms with E-state index in [1.165, 1.54) is 0 Å². The molecule has 1 unspecified atom stereocenters. The van der Waals surface area contributed by atoms with Crippen LogP contribution in [-0.2, 0) is 4.79 Å². The minimum absolute atomic E-state index is 0.0920. The second-order valence-corrected chi connectivity index (χ2v) is 5.32. The van der Waals surface area contributed by atoms with Crippen LogP contribution in [0.1, 0.15) is 40.5 Å². The summed E-state index contributed by atoms with van der Waals surface area (Å²) in [6, 6.07) is 0. The fraction of sp³-hybridized carbons (Fsp3) is 0.900. The molecule has 0 heterocycles. The highest BCUT2D eigenvalue weighted by Gasteiger charge is 2.62. The Bertz CT molecular complexity index is 200. The van der Waals surface area contributed by atoms with Crippen LogP contribution in [0.25, 0.3) is 0 Å². The third kappa shape index (κ3) is 1.53. The standard InChI is InChI=1S/C10H18O2/c1-8(2)5-10(8,7-11)6-9(3,4)12/h7,12H,5-6H2,1-4H3. The molecule has 2 heteroatoms. The summed E-state index contributed by atoms with van der Waals surface area (Å²) in [5.74, 6) is 0. The SMILES string of the molecule is CC(C)(O)CC1(C=O)CC1(C)C. The summed E-state index contributed by atoms with van der Waals surface area (Å²) in [6.45, 7) is 7.67. The van der Waals surface area contributed by atoms with Gasteiger partial charge in [0.25, 0.3) is 0 Å². The van der Waals surface area contributed by atoms with Crippen LogP contribution in [0.5, 0.6) is 0 Å². The van der Waals surface area contributed by atoms with E-state index < -0.39 is 5.60 Å². The van der Waals surface area contributed by atoms with Gasteiger partial charge in [-0.3, -0.25) is 0 Å². The molecule has 0 radical (unpaired) electrons. The van der Waals surface area contributed by atoms with Crippen molar-refractivity contribution in [3.8, 4) is 0 Å². The molecule has 2 nitrogen and oxygen atoms in total. The van der Waals surface area contributed by atoms with Crippen LogP contribution in [0, 0.1) is 10.8 Å². The molecule has 1 N–H and O–H groups in total. The van der Waals surface area contributed by atoms with Gasteiger partial charge >= 0.3 is 0 Å². The smallest absolute Gasteiger partial charge is 0.126 e. The van der Waals surface area contributed by atoms with Crippen molar-refractivity contribution in [2.24, 2.45) is 10.8 Å². The number of aliphatic hydroxyl groups is 1. The van der Waals surface area contributed by atoms with Gasteiger partial charge in [-0.05, 0) is 32.1 Å². The van der Waals surface area contributed by atoms with Crippen molar-refractivity contribution in [1.29, 1.82) is 0 Å². The van der Waals surface area contributed by atoms with Gasteiger partial charge < -0.3 is 9.90 Å². The summed E-state index contributed by atoms with van der Waals surface area (Å²) in [4.78, 5) is 10.9. The number of carbonyl (C=O) groups is 1. The van der Waals surface area contributed by atoms with Crippen molar-refractivity contribution in [2.75, 3.05) is 0 Å². The monoisotopic (exact) mass is 170 g/mol. The summed E-state index contributed by atoms with van der Waals surface area (Å²) in [7, 11) is 0. The lowest BCUT2D eigenvalue weighted by Gasteiger charge is -2.23. The Hall–Kier alpha value is -0.370. The molecule has 0 aromatic rings. The fourth-order valence-corrected chi connectivity index (χ4v) is 2.06. The van der Waals surface area contributed by atoms with Crippen molar-refractivity contribution in [3.63, 3.8) is 0 Å². The van der Waals surface area contributed by atoms with E-state index in [9.17, 15) is 9.90 Å². The second-order valence-electron chi connectivity index (χ2n) is 5.32. The Morgan fingerprint density at radius 3 is 2.00 bits per heavy atom. The molecule has 1 fully saturated rings. The van der Waals surface area contributed by atoms with Gasteiger partial charge in [0.1, 0.15) is 6.29 Å². The average Bonchev–Trinajstić information content (AvgIpc) is 2.30. The van der Waals surface area contributed by atoms with E-state index in [0.717, 1.165) is 12.7 Å². The third-order valence-corrected chi connectivity index (χ3v) is 2.95. The molecule has 1 saturated carbocycles. The summed E-state index contributed by atoms with van der Waals surface area (Å²) in [5.41, 5.74) is -0.894. The molecule has 0 aliphatic heterocycles. The zero-order chi connectivity index (χ0) is 9.62.